The van der Waals surface area contributed by atoms with Crippen LogP contribution < -0.4 is 16.0 Å². The summed E-state index contributed by atoms with van der Waals surface area (Å²) in [6.07, 6.45) is 3.37. The molecule has 0 bridgehead atoms. The number of ether oxygens (including phenoxy) is 1. The summed E-state index contributed by atoms with van der Waals surface area (Å²) in [5.41, 5.74) is 7.08. The van der Waals surface area contributed by atoms with E-state index in [1.165, 1.54) is 0 Å². The molecule has 7 heteroatoms. The first kappa shape index (κ1) is 23.3. The Morgan fingerprint density at radius 2 is 1.93 bits per heavy atom. The van der Waals surface area contributed by atoms with Gasteiger partial charge in [0.25, 0.3) is 5.56 Å². The molecule has 1 amide bonds. The number of unbranched alkanes of at least 4 members (excludes halogenated alkanes) is 1. The lowest BCUT2D eigenvalue weighted by atomic mass is 9.96. The Morgan fingerprint density at radius 3 is 2.50 bits per heavy atom. The van der Waals surface area contributed by atoms with E-state index in [1.54, 1.807) is 36.4 Å². The number of halogens is 1. The van der Waals surface area contributed by atoms with Crippen LogP contribution in [0.3, 0.4) is 0 Å². The van der Waals surface area contributed by atoms with Gasteiger partial charge in [0.2, 0.25) is 5.91 Å². The molecule has 1 aromatic heterocycles. The van der Waals surface area contributed by atoms with Crippen molar-refractivity contribution in [2.24, 2.45) is 11.1 Å². The van der Waals surface area contributed by atoms with Crippen LogP contribution in [0.1, 0.15) is 49.9 Å². The van der Waals surface area contributed by atoms with Crippen LogP contribution in [0.25, 0.3) is 5.57 Å². The van der Waals surface area contributed by atoms with Gasteiger partial charge in [0, 0.05) is 23.1 Å². The van der Waals surface area contributed by atoms with E-state index < -0.39 is 12.1 Å². The summed E-state index contributed by atoms with van der Waals surface area (Å²) < 4.78 is 18.4. The van der Waals surface area contributed by atoms with Crippen LogP contribution in [0.2, 0.25) is 0 Å². The number of hydrogen-bond acceptors (Lipinski definition) is 4. The molecule has 162 valence electrons. The van der Waals surface area contributed by atoms with Crippen LogP contribution in [-0.2, 0) is 11.5 Å². The molecule has 0 aliphatic rings. The minimum atomic E-state index is -0.551. The third-order valence-electron chi connectivity index (χ3n) is 4.60. The second-order valence-corrected chi connectivity index (χ2v) is 7.98. The fraction of sp³-hybridized carbons (Fsp3) is 0.391. The zero-order valence-electron chi connectivity index (χ0n) is 17.4. The van der Waals surface area contributed by atoms with Crippen LogP contribution in [0.15, 0.2) is 47.3 Å². The van der Waals surface area contributed by atoms with Crippen molar-refractivity contribution >= 4 is 11.5 Å². The Hall–Kier alpha value is -2.93. The zero-order chi connectivity index (χ0) is 22.1. The maximum atomic E-state index is 12.8. The molecule has 0 radical (unpaired) electrons. The summed E-state index contributed by atoms with van der Waals surface area (Å²) in [7, 11) is 0. The number of carbonyl (C=O) groups is 1. The standard InChI is InChI=1S/C23H29FN2O4/c1-23(2,14-27)15-30-20-12-11-19(26-22(20)29)18(5-3-4-6-21(25)28)17-9-7-16(13-24)8-10-17/h5,7-12,27H,3-4,6,13-15H2,1-2H3,(H2,25,28)(H,26,29)/b18-5+. The predicted molar refractivity (Wildman–Crippen MR) is 115 cm³/mol. The molecule has 1 heterocycles. The van der Waals surface area contributed by atoms with Crippen molar-refractivity contribution in [3.8, 4) is 5.75 Å². The molecule has 4 N–H and O–H groups in total. The number of aromatic nitrogens is 1. The number of primary amides is 1. The number of nitrogens with two attached hydrogens (primary N) is 1. The second-order valence-electron chi connectivity index (χ2n) is 7.98. The highest BCUT2D eigenvalue weighted by Crippen LogP contribution is 2.24. The number of aromatic amines is 1. The summed E-state index contributed by atoms with van der Waals surface area (Å²) in [5.74, 6) is -0.195. The summed E-state index contributed by atoms with van der Waals surface area (Å²) >= 11 is 0. The number of aliphatic hydroxyl groups excluding tert-OH is 1. The molecule has 2 rings (SSSR count). The molecular weight excluding hydrogens is 387 g/mol. The molecule has 2 aromatic rings. The van der Waals surface area contributed by atoms with Gasteiger partial charge in [-0.05, 0) is 36.1 Å². The van der Waals surface area contributed by atoms with Crippen LogP contribution >= 0.6 is 0 Å². The monoisotopic (exact) mass is 416 g/mol. The predicted octanol–water partition coefficient (Wildman–Crippen LogP) is 3.33. The average Bonchev–Trinajstić information content (AvgIpc) is 2.73. The number of nitrogens with one attached hydrogen (secondary N) is 1. The molecule has 0 saturated carbocycles. The van der Waals surface area contributed by atoms with E-state index in [-0.39, 0.29) is 36.9 Å². The summed E-state index contributed by atoms with van der Waals surface area (Å²) in [5, 5.41) is 9.33. The smallest absolute Gasteiger partial charge is 0.290 e. The van der Waals surface area contributed by atoms with E-state index >= 15 is 0 Å². The Morgan fingerprint density at radius 1 is 1.23 bits per heavy atom. The SMILES string of the molecule is CC(C)(CO)COc1ccc(/C(=C/CCCC(N)=O)c2ccc(CF)cc2)[nH]c1=O. The van der Waals surface area contributed by atoms with E-state index in [0.29, 0.717) is 24.1 Å². The summed E-state index contributed by atoms with van der Waals surface area (Å²) in [6, 6.07) is 10.3. The zero-order valence-corrected chi connectivity index (χ0v) is 17.4. The number of benzene rings is 1. The lowest BCUT2D eigenvalue weighted by molar-refractivity contribution is -0.118. The lowest BCUT2D eigenvalue weighted by Gasteiger charge is -2.21. The topological polar surface area (TPSA) is 105 Å². The minimum absolute atomic E-state index is 0.0595. The van der Waals surface area contributed by atoms with Gasteiger partial charge in [0.15, 0.2) is 5.75 Å². The fourth-order valence-electron chi connectivity index (χ4n) is 2.73. The second kappa shape index (κ2) is 10.7. The molecule has 0 aliphatic carbocycles. The number of pyridine rings is 1. The van der Waals surface area contributed by atoms with E-state index in [0.717, 1.165) is 11.1 Å². The molecule has 0 fully saturated rings. The van der Waals surface area contributed by atoms with E-state index in [4.69, 9.17) is 10.5 Å². The van der Waals surface area contributed by atoms with Gasteiger partial charge in [-0.15, -0.1) is 0 Å². The first-order valence-electron chi connectivity index (χ1n) is 9.87. The molecule has 0 saturated heterocycles. The van der Waals surface area contributed by atoms with Crippen molar-refractivity contribution < 1.29 is 19.0 Å². The largest absolute Gasteiger partial charge is 0.487 e. The van der Waals surface area contributed by atoms with Gasteiger partial charge in [0.05, 0.1) is 13.2 Å². The van der Waals surface area contributed by atoms with Gasteiger partial charge >= 0.3 is 0 Å². The minimum Gasteiger partial charge on any atom is -0.487 e. The number of hydrogen-bond donors (Lipinski definition) is 3. The average molecular weight is 416 g/mol. The Kier molecular flexibility index (Phi) is 8.35. The third kappa shape index (κ3) is 6.84. The van der Waals surface area contributed by atoms with Crippen molar-refractivity contribution in [2.75, 3.05) is 13.2 Å². The molecule has 30 heavy (non-hydrogen) atoms. The summed E-state index contributed by atoms with van der Waals surface area (Å²) in [6.45, 7) is 3.26. The van der Waals surface area contributed by atoms with Crippen molar-refractivity contribution in [1.29, 1.82) is 0 Å². The van der Waals surface area contributed by atoms with Gasteiger partial charge in [-0.2, -0.15) is 0 Å². The number of carbonyl (C=O) groups excluding carboxylic acids is 1. The van der Waals surface area contributed by atoms with E-state index in [1.807, 2.05) is 19.9 Å². The van der Waals surface area contributed by atoms with Crippen LogP contribution in [0, 0.1) is 5.41 Å². The Balaban J connectivity index is 2.30. The number of aliphatic hydroxyl groups is 1. The quantitative estimate of drug-likeness (QED) is 0.489. The molecule has 0 spiro atoms. The van der Waals surface area contributed by atoms with Gasteiger partial charge < -0.3 is 20.6 Å². The Labute approximate surface area is 175 Å². The molecular formula is C23H29FN2O4. The highest BCUT2D eigenvalue weighted by atomic mass is 19.1. The van der Waals surface area contributed by atoms with Crippen LogP contribution in [0.5, 0.6) is 5.75 Å². The maximum absolute atomic E-state index is 12.8. The molecule has 1 aromatic carbocycles. The maximum Gasteiger partial charge on any atom is 0.290 e. The van der Waals surface area contributed by atoms with Crippen molar-refractivity contribution in [3.05, 3.63) is 69.6 Å². The number of allylic oxidation sites excluding steroid dienone is 1. The van der Waals surface area contributed by atoms with Gasteiger partial charge in [-0.1, -0.05) is 44.2 Å². The fourth-order valence-corrected chi connectivity index (χ4v) is 2.73. The molecule has 6 nitrogen and oxygen atoms in total. The van der Waals surface area contributed by atoms with Crippen molar-refractivity contribution in [2.45, 2.75) is 39.8 Å². The summed E-state index contributed by atoms with van der Waals surface area (Å²) in [4.78, 5) is 26.3. The third-order valence-corrected chi connectivity index (χ3v) is 4.60. The number of alkyl halides is 1. The molecule has 0 atom stereocenters. The number of rotatable bonds is 11. The van der Waals surface area contributed by atoms with Gasteiger partial charge in [0.1, 0.15) is 6.67 Å². The molecule has 0 unspecified atom stereocenters. The molecule has 0 aliphatic heterocycles. The first-order valence-corrected chi connectivity index (χ1v) is 9.87. The van der Waals surface area contributed by atoms with Crippen molar-refractivity contribution in [1.82, 2.24) is 4.98 Å². The van der Waals surface area contributed by atoms with Crippen LogP contribution in [-0.4, -0.2) is 29.2 Å². The van der Waals surface area contributed by atoms with E-state index in [2.05, 4.69) is 4.98 Å². The highest BCUT2D eigenvalue weighted by molar-refractivity contribution is 5.78. The first-order chi connectivity index (χ1) is 14.3. The lowest BCUT2D eigenvalue weighted by Crippen LogP contribution is -2.27. The van der Waals surface area contributed by atoms with Crippen molar-refractivity contribution in [3.63, 3.8) is 0 Å². The normalized spacial score (nSPS) is 12.1. The highest BCUT2D eigenvalue weighted by Gasteiger charge is 2.18. The Bertz CT molecular complexity index is 933. The number of amides is 1. The van der Waals surface area contributed by atoms with Crippen LogP contribution in [0.4, 0.5) is 4.39 Å². The van der Waals surface area contributed by atoms with Gasteiger partial charge in [-0.3, -0.25) is 9.59 Å². The van der Waals surface area contributed by atoms with Gasteiger partial charge in [-0.25, -0.2) is 4.39 Å². The van der Waals surface area contributed by atoms with E-state index in [9.17, 15) is 19.1 Å². The number of H-pyrrole nitrogens is 1.